The zero-order valence-electron chi connectivity index (χ0n) is 6.16. The van der Waals surface area contributed by atoms with Crippen LogP contribution >= 0.6 is 7.28 Å². The molecule has 0 fully saturated rings. The molecular formula is C5H15O3P. The van der Waals surface area contributed by atoms with Crippen LogP contribution in [0.2, 0.25) is 0 Å². The minimum atomic E-state index is -3.63. The molecule has 0 heterocycles. The molecule has 0 aromatic rings. The van der Waals surface area contributed by atoms with Crippen molar-refractivity contribution >= 4 is 7.28 Å². The molecule has 9 heavy (non-hydrogen) atoms. The van der Waals surface area contributed by atoms with Gasteiger partial charge < -0.3 is 0 Å². The van der Waals surface area contributed by atoms with Gasteiger partial charge in [-0.25, -0.2) is 0 Å². The van der Waals surface area contributed by atoms with Gasteiger partial charge in [-0.05, 0) is 0 Å². The van der Waals surface area contributed by atoms with Crippen LogP contribution in [-0.4, -0.2) is 29.7 Å². The van der Waals surface area contributed by atoms with E-state index in [1.165, 1.54) is 13.3 Å². The third-order valence-electron chi connectivity index (χ3n) is 0.669. The molecule has 0 aromatic heterocycles. The van der Waals surface area contributed by atoms with Crippen molar-refractivity contribution in [1.82, 2.24) is 0 Å². The number of hydrogen-bond acceptors (Lipinski definition) is 3. The van der Waals surface area contributed by atoms with Crippen LogP contribution in [0.5, 0.6) is 0 Å². The summed E-state index contributed by atoms with van der Waals surface area (Å²) in [6.07, 6.45) is 0.806. The maximum absolute atomic E-state index is 9.08. The van der Waals surface area contributed by atoms with Gasteiger partial charge in [0.25, 0.3) is 0 Å². The Kier molecular flexibility index (Phi) is 2.59. The average Bonchev–Trinajstić information content (AvgIpc) is 1.57. The summed E-state index contributed by atoms with van der Waals surface area (Å²) in [6.45, 7) is 5.00. The van der Waals surface area contributed by atoms with E-state index >= 15 is 0 Å². The molecular weight excluding hydrogens is 139 g/mol. The van der Waals surface area contributed by atoms with Gasteiger partial charge in [-0.15, -0.1) is 0 Å². The van der Waals surface area contributed by atoms with Gasteiger partial charge in [0.15, 0.2) is 0 Å². The van der Waals surface area contributed by atoms with E-state index in [0.29, 0.717) is 6.61 Å². The Morgan fingerprint density at radius 2 is 1.78 bits per heavy atom. The zero-order valence-corrected chi connectivity index (χ0v) is 7.06. The van der Waals surface area contributed by atoms with Gasteiger partial charge in [0.2, 0.25) is 0 Å². The van der Waals surface area contributed by atoms with Crippen LogP contribution in [0.4, 0.5) is 0 Å². The molecule has 0 rings (SSSR count). The van der Waals surface area contributed by atoms with E-state index in [1.807, 2.05) is 6.92 Å². The predicted octanol–water partition coefficient (Wildman–Crippen LogP) is 0.955. The summed E-state index contributed by atoms with van der Waals surface area (Å²) in [7, 11) is -3.63. The minimum absolute atomic E-state index is 0.415. The van der Waals surface area contributed by atoms with Crippen molar-refractivity contribution < 1.29 is 14.3 Å². The van der Waals surface area contributed by atoms with Crippen LogP contribution < -0.4 is 0 Å². The first-order valence-electron chi connectivity index (χ1n) is 2.97. The Morgan fingerprint density at radius 3 is 1.89 bits per heavy atom. The van der Waals surface area contributed by atoms with Crippen LogP contribution in [-0.2, 0) is 4.52 Å². The van der Waals surface area contributed by atoms with E-state index in [2.05, 4.69) is 0 Å². The fourth-order valence-electron chi connectivity index (χ4n) is 0.356. The van der Waals surface area contributed by atoms with Gasteiger partial charge in [-0.2, -0.15) is 0 Å². The zero-order chi connectivity index (χ0) is 7.57. The monoisotopic (exact) mass is 154 g/mol. The Hall–Kier alpha value is 0.310. The topological polar surface area (TPSA) is 49.7 Å². The van der Waals surface area contributed by atoms with E-state index in [-0.39, 0.29) is 0 Å². The van der Waals surface area contributed by atoms with E-state index < -0.39 is 7.28 Å². The van der Waals surface area contributed by atoms with Gasteiger partial charge in [-0.1, -0.05) is 0 Å². The average molecular weight is 154 g/mol. The van der Waals surface area contributed by atoms with Crippen LogP contribution in [0, 0.1) is 0 Å². The van der Waals surface area contributed by atoms with E-state index in [4.69, 9.17) is 14.3 Å². The first-order valence-corrected chi connectivity index (χ1v) is 5.93. The predicted molar refractivity (Wildman–Crippen MR) is 39.4 cm³/mol. The molecule has 2 N–H and O–H groups in total. The fraction of sp³-hybridized carbons (Fsp3) is 1.00. The first-order chi connectivity index (χ1) is 3.81. The molecule has 0 amide bonds. The summed E-state index contributed by atoms with van der Waals surface area (Å²) in [5, 5.41) is 0. The Bertz CT molecular complexity index is 84.9. The van der Waals surface area contributed by atoms with E-state index in [1.54, 1.807) is 0 Å². The molecule has 0 saturated heterocycles. The summed E-state index contributed by atoms with van der Waals surface area (Å²) >= 11 is 0. The molecule has 0 spiro atoms. The van der Waals surface area contributed by atoms with Crippen molar-refractivity contribution in [3.63, 3.8) is 0 Å². The molecule has 0 aromatic carbocycles. The Morgan fingerprint density at radius 1 is 1.33 bits per heavy atom. The van der Waals surface area contributed by atoms with Crippen LogP contribution in [0.25, 0.3) is 0 Å². The van der Waals surface area contributed by atoms with Crippen molar-refractivity contribution in [3.05, 3.63) is 0 Å². The summed E-state index contributed by atoms with van der Waals surface area (Å²) in [5.74, 6) is 0. The Labute approximate surface area is 55.8 Å². The van der Waals surface area contributed by atoms with Crippen LogP contribution in [0.15, 0.2) is 0 Å². The van der Waals surface area contributed by atoms with Crippen molar-refractivity contribution in [2.45, 2.75) is 13.3 Å². The fourth-order valence-corrected chi connectivity index (χ4v) is 1.07. The molecule has 0 aliphatic rings. The van der Waals surface area contributed by atoms with E-state index in [9.17, 15) is 0 Å². The molecule has 0 radical (unpaired) electrons. The van der Waals surface area contributed by atoms with Gasteiger partial charge >= 0.3 is 54.9 Å². The standard InChI is InChI=1S/C5H15O3P/c1-4-5-8-9(2,3,6)7/h6-7H,4-5H2,1-3H3. The molecule has 3 nitrogen and oxygen atoms in total. The van der Waals surface area contributed by atoms with Gasteiger partial charge in [0.1, 0.15) is 0 Å². The second-order valence-electron chi connectivity index (χ2n) is 2.70. The second-order valence-corrected chi connectivity index (χ2v) is 6.69. The molecule has 0 bridgehead atoms. The molecule has 0 aliphatic heterocycles. The van der Waals surface area contributed by atoms with E-state index in [0.717, 1.165) is 6.42 Å². The molecule has 4 heteroatoms. The summed E-state index contributed by atoms with van der Waals surface area (Å²) in [4.78, 5) is 18.2. The molecule has 0 unspecified atom stereocenters. The molecule has 0 aliphatic carbocycles. The summed E-state index contributed by atoms with van der Waals surface area (Å²) < 4.78 is 4.81. The molecule has 0 saturated carbocycles. The third-order valence-corrected chi connectivity index (χ3v) is 1.60. The van der Waals surface area contributed by atoms with Crippen molar-refractivity contribution in [2.75, 3.05) is 19.9 Å². The van der Waals surface area contributed by atoms with Crippen LogP contribution in [0.1, 0.15) is 13.3 Å². The summed E-state index contributed by atoms with van der Waals surface area (Å²) in [6, 6.07) is 0. The molecule has 58 valence electrons. The summed E-state index contributed by atoms with van der Waals surface area (Å²) in [5.41, 5.74) is 0. The second kappa shape index (κ2) is 2.51. The quantitative estimate of drug-likeness (QED) is 0.595. The van der Waals surface area contributed by atoms with Gasteiger partial charge in [0, 0.05) is 0 Å². The third kappa shape index (κ3) is 8.31. The molecule has 0 atom stereocenters. The first kappa shape index (κ1) is 9.31. The van der Waals surface area contributed by atoms with Crippen molar-refractivity contribution in [1.29, 1.82) is 0 Å². The van der Waals surface area contributed by atoms with Crippen LogP contribution in [0.3, 0.4) is 0 Å². The van der Waals surface area contributed by atoms with Gasteiger partial charge in [0.05, 0.1) is 0 Å². The van der Waals surface area contributed by atoms with Crippen molar-refractivity contribution in [3.8, 4) is 0 Å². The SMILES string of the molecule is CCCOP(C)(C)(O)O. The number of rotatable bonds is 3. The maximum atomic E-state index is 9.08. The van der Waals surface area contributed by atoms with Crippen molar-refractivity contribution in [2.24, 2.45) is 0 Å². The van der Waals surface area contributed by atoms with Gasteiger partial charge in [-0.3, -0.25) is 0 Å². The Balaban J connectivity index is 3.60. The normalized spacial score (nSPS) is 16.8. The number of hydrogen-bond donors (Lipinski definition) is 2.